The molecule has 0 heterocycles. The lowest BCUT2D eigenvalue weighted by Crippen LogP contribution is -2.20. The molecular weight excluding hydrogens is 358 g/mol. The van der Waals surface area contributed by atoms with Gasteiger partial charge in [-0.1, -0.05) is 80.5 Å². The Morgan fingerprint density at radius 1 is 0.950 bits per heavy atom. The second-order valence-electron chi connectivity index (χ2n) is 5.15. The van der Waals surface area contributed by atoms with Crippen molar-refractivity contribution in [1.29, 1.82) is 0 Å². The number of rotatable bonds is 5. The van der Waals surface area contributed by atoms with Crippen molar-refractivity contribution >= 4 is 58.2 Å². The minimum absolute atomic E-state index is 0.0511. The number of phenolic OH excluding ortho intramolecular Hbond substituents is 1. The maximum absolute atomic E-state index is 9.75. The third-order valence-electron chi connectivity index (χ3n) is 3.32. The molecule has 114 valence electrons. The summed E-state index contributed by atoms with van der Waals surface area (Å²) in [5.41, 5.74) is 0. The van der Waals surface area contributed by atoms with Gasteiger partial charge in [0, 0.05) is 10.1 Å². The van der Waals surface area contributed by atoms with Gasteiger partial charge in [0.25, 0.3) is 0 Å². The molecule has 0 aliphatic carbocycles. The van der Waals surface area contributed by atoms with E-state index in [1.54, 1.807) is 11.8 Å². The number of hydrogen-bond donors (Lipinski definition) is 1. The predicted molar refractivity (Wildman–Crippen MR) is 92.1 cm³/mol. The summed E-state index contributed by atoms with van der Waals surface area (Å²) in [6.07, 6.45) is 1.06. The average molecular weight is 376 g/mol. The monoisotopic (exact) mass is 374 g/mol. The van der Waals surface area contributed by atoms with E-state index in [1.165, 1.54) is 0 Å². The molecule has 0 aliphatic heterocycles. The fraction of sp³-hybridized carbons (Fsp3) is 0.571. The summed E-state index contributed by atoms with van der Waals surface area (Å²) in [7, 11) is 0. The van der Waals surface area contributed by atoms with Crippen LogP contribution in [0.25, 0.3) is 0 Å². The number of hydrogen-bond acceptors (Lipinski definition) is 2. The number of benzene rings is 1. The third kappa shape index (κ3) is 3.84. The fourth-order valence-corrected chi connectivity index (χ4v) is 4.58. The van der Waals surface area contributed by atoms with Gasteiger partial charge in [-0.3, -0.25) is 0 Å². The summed E-state index contributed by atoms with van der Waals surface area (Å²) in [6.45, 7) is 8.67. The van der Waals surface area contributed by atoms with Crippen molar-refractivity contribution in [3.05, 3.63) is 20.1 Å². The van der Waals surface area contributed by atoms with E-state index in [4.69, 9.17) is 46.4 Å². The maximum Gasteiger partial charge on any atom is 0.155 e. The van der Waals surface area contributed by atoms with Crippen molar-refractivity contribution in [2.45, 2.75) is 44.3 Å². The van der Waals surface area contributed by atoms with E-state index in [9.17, 15) is 5.11 Å². The van der Waals surface area contributed by atoms with Gasteiger partial charge in [-0.15, -0.1) is 11.8 Å². The Hall–Kier alpha value is 0.530. The van der Waals surface area contributed by atoms with E-state index < -0.39 is 0 Å². The first-order chi connectivity index (χ1) is 9.22. The molecule has 0 spiro atoms. The highest BCUT2D eigenvalue weighted by molar-refractivity contribution is 8.00. The fourth-order valence-electron chi connectivity index (χ4n) is 1.98. The van der Waals surface area contributed by atoms with Crippen LogP contribution in [0.2, 0.25) is 20.1 Å². The maximum atomic E-state index is 9.75. The molecule has 0 aromatic heterocycles. The lowest BCUT2D eigenvalue weighted by atomic mass is 9.96. The summed E-state index contributed by atoms with van der Waals surface area (Å²) in [4.78, 5) is 0.639. The van der Waals surface area contributed by atoms with Gasteiger partial charge in [0.15, 0.2) is 5.75 Å². The van der Waals surface area contributed by atoms with E-state index in [-0.39, 0.29) is 25.8 Å². The molecule has 1 aromatic rings. The molecule has 20 heavy (non-hydrogen) atoms. The molecule has 1 aromatic carbocycles. The number of thioether (sulfide) groups is 1. The molecule has 0 saturated heterocycles. The number of halogens is 4. The molecule has 1 rings (SSSR count). The van der Waals surface area contributed by atoms with Crippen LogP contribution < -0.4 is 0 Å². The van der Waals surface area contributed by atoms with Crippen LogP contribution in [0.5, 0.6) is 5.75 Å². The third-order valence-corrected chi connectivity index (χ3v) is 7.15. The van der Waals surface area contributed by atoms with Gasteiger partial charge in [0.05, 0.1) is 10.0 Å². The number of phenols is 1. The molecule has 2 atom stereocenters. The molecule has 0 aliphatic rings. The Bertz CT molecular complexity index is 462. The van der Waals surface area contributed by atoms with E-state index in [0.29, 0.717) is 22.0 Å². The van der Waals surface area contributed by atoms with Crippen molar-refractivity contribution in [2.75, 3.05) is 0 Å². The van der Waals surface area contributed by atoms with Crippen molar-refractivity contribution in [3.8, 4) is 5.75 Å². The topological polar surface area (TPSA) is 20.2 Å². The Labute approximate surface area is 144 Å². The standard InChI is InChI=1S/C14H18Cl4OS/c1-5-7(4)13(6(2)3)20-14-10(17)8(15)12(19)9(16)11(14)18/h6-7,13,19H,5H2,1-4H3. The van der Waals surface area contributed by atoms with Gasteiger partial charge >= 0.3 is 0 Å². The minimum atomic E-state index is -0.266. The highest BCUT2D eigenvalue weighted by Gasteiger charge is 2.26. The van der Waals surface area contributed by atoms with Gasteiger partial charge in [-0.05, 0) is 11.8 Å². The zero-order valence-electron chi connectivity index (χ0n) is 11.8. The van der Waals surface area contributed by atoms with Crippen LogP contribution in [-0.4, -0.2) is 10.4 Å². The van der Waals surface area contributed by atoms with Gasteiger partial charge in [-0.25, -0.2) is 0 Å². The summed E-state index contributed by atoms with van der Waals surface area (Å²) >= 11 is 26.0. The lowest BCUT2D eigenvalue weighted by Gasteiger charge is -2.27. The molecule has 2 unspecified atom stereocenters. The molecule has 0 bridgehead atoms. The van der Waals surface area contributed by atoms with Gasteiger partial charge in [0.1, 0.15) is 10.0 Å². The molecule has 1 N–H and O–H groups in total. The van der Waals surface area contributed by atoms with Crippen molar-refractivity contribution in [3.63, 3.8) is 0 Å². The molecule has 0 fully saturated rings. The second kappa shape index (κ2) is 7.69. The zero-order valence-corrected chi connectivity index (χ0v) is 15.6. The molecule has 1 nitrogen and oxygen atoms in total. The first-order valence-electron chi connectivity index (χ1n) is 6.43. The first kappa shape index (κ1) is 18.6. The highest BCUT2D eigenvalue weighted by Crippen LogP contribution is 2.51. The summed E-state index contributed by atoms with van der Waals surface area (Å²) in [6, 6.07) is 0. The van der Waals surface area contributed by atoms with Crippen LogP contribution in [-0.2, 0) is 0 Å². The average Bonchev–Trinajstić information content (AvgIpc) is 2.42. The van der Waals surface area contributed by atoms with Gasteiger partial charge < -0.3 is 5.11 Å². The van der Waals surface area contributed by atoms with Crippen molar-refractivity contribution in [2.24, 2.45) is 11.8 Å². The summed E-state index contributed by atoms with van der Waals surface area (Å²) < 4.78 is 0. The van der Waals surface area contributed by atoms with Crippen LogP contribution in [0.1, 0.15) is 34.1 Å². The quantitative estimate of drug-likeness (QED) is 0.434. The highest BCUT2D eigenvalue weighted by atomic mass is 35.5. The molecule has 0 saturated carbocycles. The van der Waals surface area contributed by atoms with E-state index in [0.717, 1.165) is 6.42 Å². The lowest BCUT2D eigenvalue weighted by molar-refractivity contribution is 0.445. The summed E-state index contributed by atoms with van der Waals surface area (Å²) in [5.74, 6) is 0.684. The minimum Gasteiger partial charge on any atom is -0.505 e. The van der Waals surface area contributed by atoms with Crippen LogP contribution >= 0.6 is 58.2 Å². The molecule has 6 heteroatoms. The molecular formula is C14H18Cl4OS. The van der Waals surface area contributed by atoms with Crippen molar-refractivity contribution in [1.82, 2.24) is 0 Å². The zero-order chi connectivity index (χ0) is 15.6. The largest absolute Gasteiger partial charge is 0.505 e. The van der Waals surface area contributed by atoms with Crippen LogP contribution in [0.3, 0.4) is 0 Å². The Balaban J connectivity index is 3.27. The van der Waals surface area contributed by atoms with Crippen LogP contribution in [0.4, 0.5) is 0 Å². The van der Waals surface area contributed by atoms with Gasteiger partial charge in [0.2, 0.25) is 0 Å². The molecule has 0 amide bonds. The van der Waals surface area contributed by atoms with E-state index >= 15 is 0 Å². The van der Waals surface area contributed by atoms with Crippen LogP contribution in [0.15, 0.2) is 4.90 Å². The molecule has 0 radical (unpaired) electrons. The SMILES string of the molecule is CCC(C)C(Sc1c(Cl)c(Cl)c(O)c(Cl)c1Cl)C(C)C. The second-order valence-corrected chi connectivity index (χ2v) is 7.85. The normalized spacial score (nSPS) is 14.7. The Morgan fingerprint density at radius 3 is 1.75 bits per heavy atom. The van der Waals surface area contributed by atoms with Gasteiger partial charge in [-0.2, -0.15) is 0 Å². The van der Waals surface area contributed by atoms with E-state index in [2.05, 4.69) is 27.7 Å². The van der Waals surface area contributed by atoms with Crippen molar-refractivity contribution < 1.29 is 5.11 Å². The predicted octanol–water partition coefficient (Wildman–Crippen LogP) is 7.17. The van der Waals surface area contributed by atoms with Crippen LogP contribution in [0, 0.1) is 11.8 Å². The summed E-state index contributed by atoms with van der Waals surface area (Å²) in [5, 5.41) is 10.7. The smallest absolute Gasteiger partial charge is 0.155 e. The Morgan fingerprint density at radius 2 is 1.40 bits per heavy atom. The number of aromatic hydroxyl groups is 1. The van der Waals surface area contributed by atoms with E-state index in [1.807, 2.05) is 0 Å². The Kier molecular flexibility index (Phi) is 7.14. The first-order valence-corrected chi connectivity index (χ1v) is 8.82.